The van der Waals surface area contributed by atoms with Crippen LogP contribution in [0, 0.1) is 5.92 Å². The van der Waals surface area contributed by atoms with Crippen LogP contribution in [0.2, 0.25) is 10.0 Å². The predicted molar refractivity (Wildman–Crippen MR) is 82.8 cm³/mol. The van der Waals surface area contributed by atoms with Gasteiger partial charge in [-0.2, -0.15) is 0 Å². The Morgan fingerprint density at radius 1 is 1.29 bits per heavy atom. The second kappa shape index (κ2) is 5.18. The van der Waals surface area contributed by atoms with E-state index < -0.39 is 5.54 Å². The Morgan fingerprint density at radius 2 is 2.05 bits per heavy atom. The molecule has 0 bridgehead atoms. The first kappa shape index (κ1) is 14.7. The minimum atomic E-state index is -0.749. The van der Waals surface area contributed by atoms with Gasteiger partial charge in [-0.05, 0) is 37.0 Å². The van der Waals surface area contributed by atoms with Gasteiger partial charge in [0.05, 0.1) is 15.7 Å². The normalized spacial score (nSPS) is 29.1. The molecule has 1 aromatic rings. The fraction of sp³-hybridized carbons (Fsp3) is 0.467. The molecule has 2 aliphatic rings. The molecule has 3 rings (SSSR count). The number of hydrogen-bond donors (Lipinski definition) is 1. The van der Waals surface area contributed by atoms with E-state index in [1.54, 1.807) is 18.2 Å². The van der Waals surface area contributed by atoms with Crippen LogP contribution in [0.1, 0.15) is 32.6 Å². The number of nitrogens with one attached hydrogen (secondary N) is 1. The van der Waals surface area contributed by atoms with Gasteiger partial charge in [0, 0.05) is 0 Å². The van der Waals surface area contributed by atoms with Gasteiger partial charge in [0.15, 0.2) is 0 Å². The standard InChI is InChI=1S/C15H16Cl2N2O2/c1-9-3-2-6-15(8-9)13(20)19(14(21)18-15)10-4-5-11(16)12(17)7-10/h4-5,7,9H,2-3,6,8H2,1H3,(H,18,21). The second-order valence-electron chi connectivity index (χ2n) is 5.95. The van der Waals surface area contributed by atoms with E-state index in [0.29, 0.717) is 34.5 Å². The summed E-state index contributed by atoms with van der Waals surface area (Å²) in [7, 11) is 0. The van der Waals surface area contributed by atoms with Gasteiger partial charge in [-0.15, -0.1) is 0 Å². The minimum absolute atomic E-state index is 0.183. The van der Waals surface area contributed by atoms with Gasteiger partial charge >= 0.3 is 6.03 Å². The molecular weight excluding hydrogens is 311 g/mol. The van der Waals surface area contributed by atoms with Gasteiger partial charge in [-0.25, -0.2) is 9.69 Å². The summed E-state index contributed by atoms with van der Waals surface area (Å²) in [4.78, 5) is 26.3. The summed E-state index contributed by atoms with van der Waals surface area (Å²) in [5.41, 5.74) is -0.289. The average molecular weight is 327 g/mol. The molecule has 112 valence electrons. The minimum Gasteiger partial charge on any atom is -0.323 e. The second-order valence-corrected chi connectivity index (χ2v) is 6.77. The maximum Gasteiger partial charge on any atom is 0.329 e. The van der Waals surface area contributed by atoms with Crippen molar-refractivity contribution in [3.8, 4) is 0 Å². The van der Waals surface area contributed by atoms with Crippen molar-refractivity contribution in [3.63, 3.8) is 0 Å². The van der Waals surface area contributed by atoms with E-state index in [0.717, 1.165) is 12.8 Å². The third-order valence-corrected chi connectivity index (χ3v) is 5.06. The molecule has 2 fully saturated rings. The van der Waals surface area contributed by atoms with Crippen LogP contribution in [0.3, 0.4) is 0 Å². The number of benzene rings is 1. The molecule has 1 N–H and O–H groups in total. The lowest BCUT2D eigenvalue weighted by Crippen LogP contribution is -2.50. The Balaban J connectivity index is 1.95. The van der Waals surface area contributed by atoms with E-state index >= 15 is 0 Å². The van der Waals surface area contributed by atoms with Crippen molar-refractivity contribution in [2.24, 2.45) is 5.92 Å². The first-order chi connectivity index (χ1) is 9.93. The molecule has 0 aromatic heterocycles. The fourth-order valence-electron chi connectivity index (χ4n) is 3.34. The van der Waals surface area contributed by atoms with E-state index in [1.165, 1.54) is 4.90 Å². The van der Waals surface area contributed by atoms with Crippen LogP contribution in [0.25, 0.3) is 0 Å². The summed E-state index contributed by atoms with van der Waals surface area (Å²) in [5, 5.41) is 3.62. The molecule has 1 saturated carbocycles. The predicted octanol–water partition coefficient (Wildman–Crippen LogP) is 4.00. The summed E-state index contributed by atoms with van der Waals surface area (Å²) in [6.45, 7) is 2.11. The van der Waals surface area contributed by atoms with Crippen molar-refractivity contribution in [1.29, 1.82) is 0 Å². The quantitative estimate of drug-likeness (QED) is 0.793. The summed E-state index contributed by atoms with van der Waals surface area (Å²) in [5.74, 6) is 0.245. The Hall–Kier alpha value is -1.26. The molecule has 4 nitrogen and oxygen atoms in total. The highest BCUT2D eigenvalue weighted by molar-refractivity contribution is 6.42. The van der Waals surface area contributed by atoms with Gasteiger partial charge in [-0.3, -0.25) is 4.79 Å². The van der Waals surface area contributed by atoms with Gasteiger partial charge in [0.2, 0.25) is 0 Å². The first-order valence-corrected chi connectivity index (χ1v) is 7.80. The highest BCUT2D eigenvalue weighted by atomic mass is 35.5. The lowest BCUT2D eigenvalue weighted by atomic mass is 9.76. The smallest absolute Gasteiger partial charge is 0.323 e. The average Bonchev–Trinajstić information content (AvgIpc) is 2.64. The largest absolute Gasteiger partial charge is 0.329 e. The molecule has 3 amide bonds. The lowest BCUT2D eigenvalue weighted by Gasteiger charge is -2.34. The molecule has 0 radical (unpaired) electrons. The summed E-state index contributed by atoms with van der Waals surface area (Å²) >= 11 is 11.9. The van der Waals surface area contributed by atoms with Crippen LogP contribution in [0.4, 0.5) is 10.5 Å². The van der Waals surface area contributed by atoms with E-state index in [1.807, 2.05) is 0 Å². The molecular formula is C15H16Cl2N2O2. The van der Waals surface area contributed by atoms with Crippen molar-refractivity contribution in [2.45, 2.75) is 38.1 Å². The third kappa shape index (κ3) is 2.40. The van der Waals surface area contributed by atoms with Crippen molar-refractivity contribution in [1.82, 2.24) is 5.32 Å². The van der Waals surface area contributed by atoms with E-state index in [-0.39, 0.29) is 11.9 Å². The number of imide groups is 1. The molecule has 1 heterocycles. The monoisotopic (exact) mass is 326 g/mol. The van der Waals surface area contributed by atoms with E-state index in [2.05, 4.69) is 12.2 Å². The number of hydrogen-bond acceptors (Lipinski definition) is 2. The molecule has 2 unspecified atom stereocenters. The van der Waals surface area contributed by atoms with Gasteiger partial charge in [-0.1, -0.05) is 43.0 Å². The zero-order valence-electron chi connectivity index (χ0n) is 11.7. The number of amides is 3. The highest BCUT2D eigenvalue weighted by Gasteiger charge is 2.53. The summed E-state index contributed by atoms with van der Waals surface area (Å²) < 4.78 is 0. The Bertz CT molecular complexity index is 620. The molecule has 6 heteroatoms. The van der Waals surface area contributed by atoms with Crippen LogP contribution in [0.5, 0.6) is 0 Å². The van der Waals surface area contributed by atoms with Gasteiger partial charge in [0.25, 0.3) is 5.91 Å². The summed E-state index contributed by atoms with van der Waals surface area (Å²) in [6.07, 6.45) is 3.43. The van der Waals surface area contributed by atoms with Gasteiger partial charge < -0.3 is 5.32 Å². The number of nitrogens with zero attached hydrogens (tertiary/aromatic N) is 1. The van der Waals surface area contributed by atoms with Crippen molar-refractivity contribution in [3.05, 3.63) is 28.2 Å². The number of rotatable bonds is 1. The topological polar surface area (TPSA) is 49.4 Å². The SMILES string of the molecule is CC1CCCC2(C1)NC(=O)N(c1ccc(Cl)c(Cl)c1)C2=O. The maximum atomic E-state index is 12.8. The van der Waals surface area contributed by atoms with Gasteiger partial charge in [0.1, 0.15) is 5.54 Å². The maximum absolute atomic E-state index is 12.8. The fourth-order valence-corrected chi connectivity index (χ4v) is 3.63. The number of anilines is 1. The third-order valence-electron chi connectivity index (χ3n) is 4.32. The molecule has 2 atom stereocenters. The zero-order chi connectivity index (χ0) is 15.2. The number of urea groups is 1. The van der Waals surface area contributed by atoms with Crippen LogP contribution in [-0.4, -0.2) is 17.5 Å². The highest BCUT2D eigenvalue weighted by Crippen LogP contribution is 2.39. The summed E-state index contributed by atoms with van der Waals surface area (Å²) in [6, 6.07) is 4.39. The number of carbonyl (C=O) groups is 2. The van der Waals surface area contributed by atoms with Crippen LogP contribution < -0.4 is 10.2 Å². The number of halogens is 2. The Kier molecular flexibility index (Phi) is 3.62. The van der Waals surface area contributed by atoms with Crippen LogP contribution in [0.15, 0.2) is 18.2 Å². The van der Waals surface area contributed by atoms with Crippen LogP contribution in [-0.2, 0) is 4.79 Å². The zero-order valence-corrected chi connectivity index (χ0v) is 13.2. The molecule has 1 aliphatic carbocycles. The lowest BCUT2D eigenvalue weighted by molar-refractivity contribution is -0.123. The van der Waals surface area contributed by atoms with E-state index in [4.69, 9.17) is 23.2 Å². The van der Waals surface area contributed by atoms with Crippen molar-refractivity contribution >= 4 is 40.8 Å². The van der Waals surface area contributed by atoms with Crippen molar-refractivity contribution in [2.75, 3.05) is 4.90 Å². The molecule has 1 aromatic carbocycles. The molecule has 1 saturated heterocycles. The van der Waals surface area contributed by atoms with Crippen molar-refractivity contribution < 1.29 is 9.59 Å². The molecule has 1 spiro atoms. The molecule has 21 heavy (non-hydrogen) atoms. The first-order valence-electron chi connectivity index (χ1n) is 7.05. The van der Waals surface area contributed by atoms with E-state index in [9.17, 15) is 9.59 Å². The Labute approximate surface area is 133 Å². The molecule has 1 aliphatic heterocycles. The van der Waals surface area contributed by atoms with Crippen LogP contribution >= 0.6 is 23.2 Å². The number of carbonyl (C=O) groups excluding carboxylic acids is 2. The Morgan fingerprint density at radius 3 is 2.71 bits per heavy atom.